The second-order valence-corrected chi connectivity index (χ2v) is 6.85. The average Bonchev–Trinajstić information content (AvgIpc) is 2.34. The van der Waals surface area contributed by atoms with E-state index in [-0.39, 0.29) is 13.1 Å². The standard InChI is InChI=1S/C12H16ClN3O3S/c1-10(17)14-16-7-3-6-15(20(16,18)19)9-11-4-2-5-12(13)8-11/h2,4-5,8H,3,6-7,9H2,1H3,(H,14,17). The molecule has 1 aromatic carbocycles. The third-order valence-electron chi connectivity index (χ3n) is 2.90. The Morgan fingerprint density at radius 3 is 2.80 bits per heavy atom. The van der Waals surface area contributed by atoms with E-state index in [0.29, 0.717) is 18.0 Å². The first-order valence-corrected chi connectivity index (χ1v) is 7.96. The summed E-state index contributed by atoms with van der Waals surface area (Å²) in [4.78, 5) is 11.1. The molecule has 2 rings (SSSR count). The van der Waals surface area contributed by atoms with Crippen molar-refractivity contribution < 1.29 is 13.2 Å². The van der Waals surface area contributed by atoms with Gasteiger partial charge in [-0.15, -0.1) is 4.41 Å². The maximum Gasteiger partial charge on any atom is 0.299 e. The van der Waals surface area contributed by atoms with Gasteiger partial charge in [-0.1, -0.05) is 23.7 Å². The van der Waals surface area contributed by atoms with E-state index in [0.717, 1.165) is 9.98 Å². The first-order chi connectivity index (χ1) is 9.39. The minimum absolute atomic E-state index is 0.235. The number of hydrogen-bond acceptors (Lipinski definition) is 3. The van der Waals surface area contributed by atoms with Crippen molar-refractivity contribution in [3.63, 3.8) is 0 Å². The van der Waals surface area contributed by atoms with Gasteiger partial charge < -0.3 is 0 Å². The number of nitrogens with one attached hydrogen (secondary N) is 1. The summed E-state index contributed by atoms with van der Waals surface area (Å²) in [5.41, 5.74) is 3.15. The lowest BCUT2D eigenvalue weighted by molar-refractivity contribution is -0.122. The molecular weight excluding hydrogens is 302 g/mol. The van der Waals surface area contributed by atoms with Crippen LogP contribution in [0.1, 0.15) is 18.9 Å². The zero-order valence-corrected chi connectivity index (χ0v) is 12.6. The van der Waals surface area contributed by atoms with Gasteiger partial charge in [0.05, 0.1) is 0 Å². The lowest BCUT2D eigenvalue weighted by Gasteiger charge is -2.34. The Kier molecular flexibility index (Phi) is 4.64. The molecule has 1 amide bonds. The molecule has 0 spiro atoms. The minimum Gasteiger partial charge on any atom is -0.275 e. The topological polar surface area (TPSA) is 69.7 Å². The Balaban J connectivity index is 2.17. The number of halogens is 1. The summed E-state index contributed by atoms with van der Waals surface area (Å²) in [6.07, 6.45) is 0.653. The van der Waals surface area contributed by atoms with Crippen LogP contribution >= 0.6 is 11.6 Å². The van der Waals surface area contributed by atoms with Gasteiger partial charge in [0.15, 0.2) is 0 Å². The van der Waals surface area contributed by atoms with Crippen molar-refractivity contribution in [2.45, 2.75) is 19.9 Å². The predicted octanol–water partition coefficient (Wildman–Crippen LogP) is 1.14. The van der Waals surface area contributed by atoms with Gasteiger partial charge in [0.1, 0.15) is 0 Å². The number of hydrazine groups is 1. The Morgan fingerprint density at radius 2 is 2.15 bits per heavy atom. The number of rotatable bonds is 3. The predicted molar refractivity (Wildman–Crippen MR) is 75.9 cm³/mol. The van der Waals surface area contributed by atoms with Crippen LogP contribution in [0.3, 0.4) is 0 Å². The summed E-state index contributed by atoms with van der Waals surface area (Å²) in [7, 11) is -3.68. The van der Waals surface area contributed by atoms with Crippen LogP contribution in [0.15, 0.2) is 24.3 Å². The molecule has 0 atom stereocenters. The number of carbonyl (C=O) groups excluding carboxylic acids is 1. The van der Waals surface area contributed by atoms with E-state index in [1.165, 1.54) is 11.2 Å². The second-order valence-electron chi connectivity index (χ2n) is 4.56. The van der Waals surface area contributed by atoms with Gasteiger partial charge in [-0.25, -0.2) is 0 Å². The van der Waals surface area contributed by atoms with Crippen LogP contribution in [0.25, 0.3) is 0 Å². The van der Waals surface area contributed by atoms with Crippen molar-refractivity contribution >= 4 is 27.7 Å². The molecule has 1 heterocycles. The van der Waals surface area contributed by atoms with Crippen molar-refractivity contribution in [1.82, 2.24) is 14.1 Å². The second kappa shape index (κ2) is 6.09. The lowest BCUT2D eigenvalue weighted by Crippen LogP contribution is -2.55. The number of amides is 1. The molecule has 8 heteroatoms. The Labute approximate surface area is 123 Å². The van der Waals surface area contributed by atoms with Crippen LogP contribution in [0.4, 0.5) is 0 Å². The van der Waals surface area contributed by atoms with Crippen LogP contribution in [-0.2, 0) is 21.5 Å². The first kappa shape index (κ1) is 15.2. The van der Waals surface area contributed by atoms with Gasteiger partial charge in [-0.05, 0) is 24.1 Å². The van der Waals surface area contributed by atoms with E-state index in [1.54, 1.807) is 18.2 Å². The molecule has 1 fully saturated rings. The molecule has 0 bridgehead atoms. The Morgan fingerprint density at radius 1 is 1.40 bits per heavy atom. The number of benzene rings is 1. The first-order valence-electron chi connectivity index (χ1n) is 6.19. The summed E-state index contributed by atoms with van der Waals surface area (Å²) < 4.78 is 27.0. The zero-order chi connectivity index (χ0) is 14.8. The van der Waals surface area contributed by atoms with Crippen LogP contribution in [-0.4, -0.2) is 36.1 Å². The fraction of sp³-hybridized carbons (Fsp3) is 0.417. The molecule has 110 valence electrons. The quantitative estimate of drug-likeness (QED) is 0.909. The largest absolute Gasteiger partial charge is 0.299 e. The zero-order valence-electron chi connectivity index (χ0n) is 11.0. The van der Waals surface area contributed by atoms with E-state index in [4.69, 9.17) is 11.6 Å². The smallest absolute Gasteiger partial charge is 0.275 e. The normalized spacial score (nSPS) is 19.7. The van der Waals surface area contributed by atoms with Crippen LogP contribution in [0, 0.1) is 0 Å². The Hall–Kier alpha value is -1.15. The van der Waals surface area contributed by atoms with Crippen LogP contribution in [0.2, 0.25) is 5.02 Å². The molecule has 0 aromatic heterocycles. The van der Waals surface area contributed by atoms with E-state index < -0.39 is 16.1 Å². The summed E-state index contributed by atoms with van der Waals surface area (Å²) in [5.74, 6) is -0.404. The van der Waals surface area contributed by atoms with Gasteiger partial charge in [0.2, 0.25) is 5.91 Å². The van der Waals surface area contributed by atoms with E-state index >= 15 is 0 Å². The molecule has 1 N–H and O–H groups in total. The van der Waals surface area contributed by atoms with Gasteiger partial charge in [0.25, 0.3) is 10.2 Å². The van der Waals surface area contributed by atoms with Crippen molar-refractivity contribution in [3.8, 4) is 0 Å². The molecule has 20 heavy (non-hydrogen) atoms. The molecule has 0 saturated carbocycles. The van der Waals surface area contributed by atoms with Gasteiger partial charge >= 0.3 is 0 Å². The molecule has 0 unspecified atom stereocenters. The third kappa shape index (κ3) is 3.49. The number of hydrogen-bond donors (Lipinski definition) is 1. The molecule has 1 aliphatic rings. The lowest BCUT2D eigenvalue weighted by atomic mass is 10.2. The molecule has 1 aromatic rings. The fourth-order valence-corrected chi connectivity index (χ4v) is 3.82. The van der Waals surface area contributed by atoms with Gasteiger partial charge in [-0.2, -0.15) is 12.7 Å². The highest BCUT2D eigenvalue weighted by atomic mass is 35.5. The third-order valence-corrected chi connectivity index (χ3v) is 4.93. The van der Waals surface area contributed by atoms with E-state index in [1.807, 2.05) is 6.07 Å². The van der Waals surface area contributed by atoms with Crippen LogP contribution < -0.4 is 5.43 Å². The molecule has 0 aliphatic carbocycles. The molecule has 1 aliphatic heterocycles. The highest BCUT2D eigenvalue weighted by Crippen LogP contribution is 2.19. The Bertz CT molecular complexity index is 606. The number of nitrogens with zero attached hydrogens (tertiary/aromatic N) is 2. The molecule has 1 saturated heterocycles. The van der Waals surface area contributed by atoms with E-state index in [2.05, 4.69) is 5.43 Å². The van der Waals surface area contributed by atoms with Crippen LogP contribution in [0.5, 0.6) is 0 Å². The summed E-state index contributed by atoms with van der Waals surface area (Å²) >= 11 is 5.90. The summed E-state index contributed by atoms with van der Waals surface area (Å²) in [6.45, 7) is 2.23. The molecular formula is C12H16ClN3O3S. The van der Waals surface area contributed by atoms with Gasteiger partial charge in [0, 0.05) is 31.6 Å². The maximum atomic E-state index is 12.3. The van der Waals surface area contributed by atoms with Crippen molar-refractivity contribution in [2.75, 3.05) is 13.1 Å². The van der Waals surface area contributed by atoms with Crippen molar-refractivity contribution in [1.29, 1.82) is 0 Å². The molecule has 0 radical (unpaired) electrons. The highest BCUT2D eigenvalue weighted by Gasteiger charge is 2.34. The van der Waals surface area contributed by atoms with Crippen molar-refractivity contribution in [2.24, 2.45) is 0 Å². The highest BCUT2D eigenvalue weighted by molar-refractivity contribution is 7.86. The maximum absolute atomic E-state index is 12.3. The van der Waals surface area contributed by atoms with E-state index in [9.17, 15) is 13.2 Å². The molecule has 6 nitrogen and oxygen atoms in total. The number of carbonyl (C=O) groups is 1. The van der Waals surface area contributed by atoms with Crippen molar-refractivity contribution in [3.05, 3.63) is 34.9 Å². The SMILES string of the molecule is CC(=O)NN1CCCN(Cc2cccc(Cl)c2)S1(=O)=O. The average molecular weight is 318 g/mol. The fourth-order valence-electron chi connectivity index (χ4n) is 2.05. The summed E-state index contributed by atoms with van der Waals surface area (Å²) in [6, 6.07) is 7.06. The van der Waals surface area contributed by atoms with Gasteiger partial charge in [-0.3, -0.25) is 10.2 Å². The monoisotopic (exact) mass is 317 g/mol. The summed E-state index contributed by atoms with van der Waals surface area (Å²) in [5, 5.41) is 0.565. The minimum atomic E-state index is -3.68.